The number of carbonyl (C=O) groups excluding carboxylic acids is 2. The number of aryl methyl sites for hydroxylation is 1. The van der Waals surface area contributed by atoms with Crippen molar-refractivity contribution in [2.45, 2.75) is 70.3 Å². The Morgan fingerprint density at radius 1 is 1.26 bits per heavy atom. The van der Waals surface area contributed by atoms with Crippen LogP contribution in [0, 0.1) is 5.92 Å². The summed E-state index contributed by atoms with van der Waals surface area (Å²) in [5.74, 6) is -0.263. The second kappa shape index (κ2) is 10.8. The van der Waals surface area contributed by atoms with Gasteiger partial charge in [0.2, 0.25) is 11.0 Å². The SMILES string of the molecule is CC[C@H](N)C(=O)C[C@H](/C=C/C(=O)Nc1nnc(C2(C)CCC2)s1)CCc1ccccc1. The van der Waals surface area contributed by atoms with Crippen LogP contribution in [-0.2, 0) is 21.4 Å². The Morgan fingerprint density at radius 3 is 2.65 bits per heavy atom. The van der Waals surface area contributed by atoms with Crippen molar-refractivity contribution in [3.63, 3.8) is 0 Å². The summed E-state index contributed by atoms with van der Waals surface area (Å²) in [5, 5.41) is 12.7. The predicted octanol–water partition coefficient (Wildman–Crippen LogP) is 4.42. The molecule has 1 aliphatic rings. The first kappa shape index (κ1) is 23.3. The van der Waals surface area contributed by atoms with Gasteiger partial charge in [-0.1, -0.05) is 68.0 Å². The van der Waals surface area contributed by atoms with Crippen molar-refractivity contribution in [3.8, 4) is 0 Å². The van der Waals surface area contributed by atoms with Gasteiger partial charge in [0.25, 0.3) is 0 Å². The highest BCUT2D eigenvalue weighted by atomic mass is 32.1. The van der Waals surface area contributed by atoms with Gasteiger partial charge in [0.05, 0.1) is 6.04 Å². The largest absolute Gasteiger partial charge is 0.322 e. The molecule has 0 unspecified atom stereocenters. The van der Waals surface area contributed by atoms with Crippen LogP contribution >= 0.6 is 11.3 Å². The molecule has 31 heavy (non-hydrogen) atoms. The summed E-state index contributed by atoms with van der Waals surface area (Å²) >= 11 is 1.44. The average Bonchev–Trinajstić information content (AvgIpc) is 3.22. The molecule has 0 saturated heterocycles. The number of ketones is 1. The molecule has 0 spiro atoms. The minimum absolute atomic E-state index is 0.0353. The maximum absolute atomic E-state index is 12.4. The van der Waals surface area contributed by atoms with E-state index in [-0.39, 0.29) is 23.0 Å². The number of hydrogen-bond acceptors (Lipinski definition) is 6. The van der Waals surface area contributed by atoms with E-state index in [9.17, 15) is 9.59 Å². The first-order valence-corrected chi connectivity index (χ1v) is 11.9. The van der Waals surface area contributed by atoms with Crippen LogP contribution in [0.15, 0.2) is 42.5 Å². The molecule has 0 radical (unpaired) electrons. The topological polar surface area (TPSA) is 98.0 Å². The van der Waals surface area contributed by atoms with Gasteiger partial charge in [0.15, 0.2) is 0 Å². The number of nitrogens with one attached hydrogen (secondary N) is 1. The fourth-order valence-corrected chi connectivity index (χ4v) is 4.66. The van der Waals surface area contributed by atoms with E-state index in [2.05, 4.69) is 34.6 Å². The van der Waals surface area contributed by atoms with Gasteiger partial charge in [-0.15, -0.1) is 10.2 Å². The number of amides is 1. The van der Waals surface area contributed by atoms with Crippen LogP contribution in [-0.4, -0.2) is 27.9 Å². The first-order valence-electron chi connectivity index (χ1n) is 11.0. The molecular weight excluding hydrogens is 408 g/mol. The normalized spacial score (nSPS) is 17.1. The maximum atomic E-state index is 12.4. The summed E-state index contributed by atoms with van der Waals surface area (Å²) in [6.07, 6.45) is 9.35. The number of aromatic nitrogens is 2. The first-order chi connectivity index (χ1) is 14.9. The Labute approximate surface area is 188 Å². The van der Waals surface area contributed by atoms with Crippen molar-refractivity contribution < 1.29 is 9.59 Å². The second-order valence-corrected chi connectivity index (χ2v) is 9.62. The highest BCUT2D eigenvalue weighted by Crippen LogP contribution is 2.44. The molecule has 0 bridgehead atoms. The molecule has 1 aliphatic carbocycles. The quantitative estimate of drug-likeness (QED) is 0.504. The third-order valence-electron chi connectivity index (χ3n) is 6.11. The number of nitrogens with two attached hydrogens (primary N) is 1. The summed E-state index contributed by atoms with van der Waals surface area (Å²) in [6, 6.07) is 9.69. The zero-order valence-corrected chi connectivity index (χ0v) is 19.2. The smallest absolute Gasteiger partial charge is 0.249 e. The average molecular weight is 441 g/mol. The van der Waals surface area contributed by atoms with Crippen molar-refractivity contribution in [2.75, 3.05) is 5.32 Å². The molecule has 1 amide bonds. The molecule has 1 heterocycles. The molecule has 2 atom stereocenters. The molecule has 166 valence electrons. The van der Waals surface area contributed by atoms with Crippen molar-refractivity contribution in [3.05, 3.63) is 53.1 Å². The molecule has 7 heteroatoms. The van der Waals surface area contributed by atoms with Gasteiger partial charge in [0, 0.05) is 11.8 Å². The third kappa shape index (κ3) is 6.55. The van der Waals surface area contributed by atoms with Gasteiger partial charge < -0.3 is 5.73 Å². The van der Waals surface area contributed by atoms with Gasteiger partial charge in [-0.2, -0.15) is 0 Å². The van der Waals surface area contributed by atoms with Crippen LogP contribution in [0.4, 0.5) is 5.13 Å². The van der Waals surface area contributed by atoms with E-state index < -0.39 is 6.04 Å². The lowest BCUT2D eigenvalue weighted by Gasteiger charge is -2.35. The second-order valence-electron chi connectivity index (χ2n) is 8.64. The van der Waals surface area contributed by atoms with E-state index in [1.165, 1.54) is 29.4 Å². The van der Waals surface area contributed by atoms with E-state index in [4.69, 9.17) is 5.73 Å². The molecule has 0 aliphatic heterocycles. The molecule has 1 saturated carbocycles. The number of Topliss-reactive ketones (excluding diaryl/α,β-unsaturated/α-hetero) is 1. The minimum Gasteiger partial charge on any atom is -0.322 e. The Balaban J connectivity index is 1.59. The standard InChI is InChI=1S/C24H32N4O2S/c1-3-19(25)20(29)16-18(11-10-17-8-5-4-6-9-17)12-13-21(30)26-23-28-27-22(31-23)24(2)14-7-15-24/h4-6,8-9,12-13,18-19H,3,7,10-11,14-16,25H2,1-2H3,(H,26,28,30)/b13-12+/t18-,19-/m0/s1. The highest BCUT2D eigenvalue weighted by Gasteiger charge is 2.37. The summed E-state index contributed by atoms with van der Waals surface area (Å²) in [7, 11) is 0. The lowest BCUT2D eigenvalue weighted by Crippen LogP contribution is -2.30. The van der Waals surface area contributed by atoms with Crippen LogP contribution in [0.25, 0.3) is 0 Å². The van der Waals surface area contributed by atoms with Crippen LogP contribution in [0.3, 0.4) is 0 Å². The van der Waals surface area contributed by atoms with Crippen molar-refractivity contribution in [2.24, 2.45) is 11.7 Å². The number of anilines is 1. The van der Waals surface area contributed by atoms with E-state index >= 15 is 0 Å². The van der Waals surface area contributed by atoms with Gasteiger partial charge in [-0.05, 0) is 49.7 Å². The molecule has 1 aromatic heterocycles. The summed E-state index contributed by atoms with van der Waals surface area (Å²) < 4.78 is 0. The Bertz CT molecular complexity index is 905. The maximum Gasteiger partial charge on any atom is 0.249 e. The lowest BCUT2D eigenvalue weighted by atomic mass is 9.71. The molecule has 6 nitrogen and oxygen atoms in total. The Kier molecular flexibility index (Phi) is 8.09. The molecule has 3 rings (SSSR count). The molecular formula is C24H32N4O2S. The number of rotatable bonds is 11. The summed E-state index contributed by atoms with van der Waals surface area (Å²) in [5.41, 5.74) is 7.24. The number of carbonyl (C=O) groups is 2. The zero-order valence-electron chi connectivity index (χ0n) is 18.3. The van der Waals surface area contributed by atoms with E-state index in [1.54, 1.807) is 0 Å². The number of hydrogen-bond donors (Lipinski definition) is 2. The molecule has 3 N–H and O–H groups in total. The fraction of sp³-hybridized carbons (Fsp3) is 0.500. The number of allylic oxidation sites excluding steroid dienone is 1. The molecule has 1 fully saturated rings. The highest BCUT2D eigenvalue weighted by molar-refractivity contribution is 7.15. The van der Waals surface area contributed by atoms with Gasteiger partial charge in [-0.3, -0.25) is 14.9 Å². The van der Waals surface area contributed by atoms with Crippen molar-refractivity contribution >= 4 is 28.2 Å². The van der Waals surface area contributed by atoms with Crippen molar-refractivity contribution in [1.82, 2.24) is 10.2 Å². The van der Waals surface area contributed by atoms with E-state index in [0.29, 0.717) is 18.0 Å². The monoisotopic (exact) mass is 440 g/mol. The van der Waals surface area contributed by atoms with Crippen molar-refractivity contribution in [1.29, 1.82) is 0 Å². The Morgan fingerprint density at radius 2 is 2.00 bits per heavy atom. The van der Waals surface area contributed by atoms with Gasteiger partial charge in [0.1, 0.15) is 10.8 Å². The van der Waals surface area contributed by atoms with Crippen LogP contribution in [0.2, 0.25) is 0 Å². The fourth-order valence-electron chi connectivity index (χ4n) is 3.71. The predicted molar refractivity (Wildman–Crippen MR) is 125 cm³/mol. The third-order valence-corrected chi connectivity index (χ3v) is 7.26. The minimum atomic E-state index is -0.450. The van der Waals surface area contributed by atoms with Crippen LogP contribution < -0.4 is 11.1 Å². The molecule has 1 aromatic carbocycles. The van der Waals surface area contributed by atoms with Crippen LogP contribution in [0.5, 0.6) is 0 Å². The van der Waals surface area contributed by atoms with E-state index in [0.717, 1.165) is 30.7 Å². The number of nitrogens with zero attached hydrogens (tertiary/aromatic N) is 2. The summed E-state index contributed by atoms with van der Waals surface area (Å²) in [6.45, 7) is 4.10. The number of benzene rings is 1. The Hall–Kier alpha value is -2.38. The van der Waals surface area contributed by atoms with E-state index in [1.807, 2.05) is 31.2 Å². The van der Waals surface area contributed by atoms with Gasteiger partial charge >= 0.3 is 0 Å². The zero-order chi connectivity index (χ0) is 22.3. The summed E-state index contributed by atoms with van der Waals surface area (Å²) in [4.78, 5) is 24.8. The lowest BCUT2D eigenvalue weighted by molar-refractivity contribution is -0.121. The van der Waals surface area contributed by atoms with Crippen LogP contribution in [0.1, 0.15) is 62.9 Å². The molecule has 2 aromatic rings. The van der Waals surface area contributed by atoms with Gasteiger partial charge in [-0.25, -0.2) is 0 Å².